The van der Waals surface area contributed by atoms with Gasteiger partial charge in [-0.1, -0.05) is 42.0 Å². The number of aryl methyl sites for hydroxylation is 1. The van der Waals surface area contributed by atoms with E-state index in [1.165, 1.54) is 38.9 Å². The molecule has 1 aliphatic rings. The van der Waals surface area contributed by atoms with Gasteiger partial charge in [-0.25, -0.2) is 9.78 Å². The van der Waals surface area contributed by atoms with E-state index in [0.717, 1.165) is 29.8 Å². The zero-order valence-corrected chi connectivity index (χ0v) is 20.5. The number of nitrogen functional groups attached to an aromatic ring is 1. The normalized spacial score (nSPS) is 13.7. The Hall–Kier alpha value is -3.72. The van der Waals surface area contributed by atoms with E-state index in [1.807, 2.05) is 42.6 Å². The van der Waals surface area contributed by atoms with E-state index in [4.69, 9.17) is 5.73 Å². The smallest absolute Gasteiger partial charge is 0.330 e. The number of H-pyrrole nitrogens is 1. The minimum atomic E-state index is -0.680. The highest BCUT2D eigenvalue weighted by molar-refractivity contribution is 7.09. The van der Waals surface area contributed by atoms with Gasteiger partial charge in [-0.2, -0.15) is 0 Å². The minimum absolute atomic E-state index is 0.0129. The molecule has 4 rings (SSSR count). The summed E-state index contributed by atoms with van der Waals surface area (Å²) >= 11 is 1.49. The molecule has 0 saturated carbocycles. The van der Waals surface area contributed by atoms with Gasteiger partial charge < -0.3 is 10.6 Å². The van der Waals surface area contributed by atoms with Gasteiger partial charge in [-0.3, -0.25) is 19.1 Å². The quantitative estimate of drug-likeness (QED) is 0.367. The number of thiazole rings is 1. The Labute approximate surface area is 207 Å². The zero-order valence-electron chi connectivity index (χ0n) is 19.7. The summed E-state index contributed by atoms with van der Waals surface area (Å²) in [6.45, 7) is 2.35. The molecule has 0 saturated heterocycles. The molecule has 2 heterocycles. The van der Waals surface area contributed by atoms with Crippen molar-refractivity contribution in [1.82, 2.24) is 14.5 Å². The van der Waals surface area contributed by atoms with Crippen molar-refractivity contribution in [3.8, 4) is 0 Å². The Morgan fingerprint density at radius 3 is 2.74 bits per heavy atom. The van der Waals surface area contributed by atoms with Gasteiger partial charge in [0.25, 0.3) is 11.5 Å². The lowest BCUT2D eigenvalue weighted by molar-refractivity contribution is -0.114. The minimum Gasteiger partial charge on any atom is -0.383 e. The molecule has 1 aliphatic carbocycles. The SMILES string of the molecule is Cc1nc(C=CC(=O)N(CCC2=CCCCC2)c2c(N)n(Cc3ccccc3)c(=O)[nH]c2=O)cs1. The van der Waals surface area contributed by atoms with Crippen molar-refractivity contribution >= 4 is 34.8 Å². The molecule has 8 nitrogen and oxygen atoms in total. The second-order valence-electron chi connectivity index (χ2n) is 8.54. The fraction of sp³-hybridized carbons (Fsp3) is 0.308. The van der Waals surface area contributed by atoms with Crippen molar-refractivity contribution in [2.75, 3.05) is 17.2 Å². The maximum atomic E-state index is 13.4. The highest BCUT2D eigenvalue weighted by Crippen LogP contribution is 2.24. The van der Waals surface area contributed by atoms with Crippen molar-refractivity contribution in [2.24, 2.45) is 0 Å². The number of aromatic amines is 1. The molecule has 0 aliphatic heterocycles. The molecule has 182 valence electrons. The predicted octanol–water partition coefficient (Wildman–Crippen LogP) is 3.87. The summed E-state index contributed by atoms with van der Waals surface area (Å²) in [6, 6.07) is 9.34. The van der Waals surface area contributed by atoms with Crippen LogP contribution in [0.4, 0.5) is 11.5 Å². The second kappa shape index (κ2) is 11.1. The van der Waals surface area contributed by atoms with E-state index in [-0.39, 0.29) is 24.6 Å². The first-order chi connectivity index (χ1) is 16.9. The molecule has 0 fully saturated rings. The lowest BCUT2D eigenvalue weighted by atomic mass is 9.97. The Bertz CT molecular complexity index is 1370. The predicted molar refractivity (Wildman–Crippen MR) is 141 cm³/mol. The van der Waals surface area contributed by atoms with E-state index < -0.39 is 17.2 Å². The molecule has 35 heavy (non-hydrogen) atoms. The lowest BCUT2D eigenvalue weighted by Gasteiger charge is -2.24. The Kier molecular flexibility index (Phi) is 7.77. The number of nitrogens with two attached hydrogens (primary N) is 1. The van der Waals surface area contributed by atoms with Crippen LogP contribution >= 0.6 is 11.3 Å². The summed E-state index contributed by atoms with van der Waals surface area (Å²) in [7, 11) is 0. The number of aromatic nitrogens is 3. The van der Waals surface area contributed by atoms with Gasteiger partial charge in [0.05, 0.1) is 17.2 Å². The van der Waals surface area contributed by atoms with Gasteiger partial charge in [0.1, 0.15) is 5.82 Å². The van der Waals surface area contributed by atoms with Crippen LogP contribution in [0.5, 0.6) is 0 Å². The van der Waals surface area contributed by atoms with E-state index in [2.05, 4.69) is 16.0 Å². The van der Waals surface area contributed by atoms with Gasteiger partial charge in [0.15, 0.2) is 5.69 Å². The Morgan fingerprint density at radius 1 is 1.26 bits per heavy atom. The van der Waals surface area contributed by atoms with Crippen molar-refractivity contribution in [3.63, 3.8) is 0 Å². The van der Waals surface area contributed by atoms with Crippen LogP contribution in [0.2, 0.25) is 0 Å². The maximum Gasteiger partial charge on any atom is 0.330 e. The molecular formula is C26H29N5O3S. The van der Waals surface area contributed by atoms with Crippen LogP contribution in [-0.2, 0) is 11.3 Å². The average molecular weight is 492 g/mol. The van der Waals surface area contributed by atoms with Gasteiger partial charge in [-0.05, 0) is 50.7 Å². The van der Waals surface area contributed by atoms with Gasteiger partial charge in [-0.15, -0.1) is 11.3 Å². The number of benzene rings is 1. The number of hydrogen-bond acceptors (Lipinski definition) is 6. The van der Waals surface area contributed by atoms with Crippen LogP contribution in [0.3, 0.4) is 0 Å². The van der Waals surface area contributed by atoms with Crippen LogP contribution in [0.1, 0.15) is 48.4 Å². The molecule has 3 N–H and O–H groups in total. The molecule has 0 unspecified atom stereocenters. The van der Waals surface area contributed by atoms with E-state index in [9.17, 15) is 14.4 Å². The molecule has 0 spiro atoms. The summed E-state index contributed by atoms with van der Waals surface area (Å²) in [4.78, 5) is 47.0. The molecule has 1 aromatic carbocycles. The fourth-order valence-corrected chi connectivity index (χ4v) is 4.76. The van der Waals surface area contributed by atoms with Crippen LogP contribution in [0.15, 0.2) is 63.0 Å². The van der Waals surface area contributed by atoms with Crippen molar-refractivity contribution < 1.29 is 4.79 Å². The Morgan fingerprint density at radius 2 is 2.06 bits per heavy atom. The average Bonchev–Trinajstić information content (AvgIpc) is 3.28. The summed E-state index contributed by atoms with van der Waals surface area (Å²) in [6.07, 6.45) is 10.2. The summed E-state index contributed by atoms with van der Waals surface area (Å²) in [5, 5.41) is 2.75. The first-order valence-corrected chi connectivity index (χ1v) is 12.6. The molecule has 1 amide bonds. The third-order valence-corrected chi connectivity index (χ3v) is 6.80. The summed E-state index contributed by atoms with van der Waals surface area (Å²) in [5.74, 6) is -0.430. The number of rotatable bonds is 8. The molecule has 3 aromatic rings. The van der Waals surface area contributed by atoms with Crippen LogP contribution < -0.4 is 21.9 Å². The first-order valence-electron chi connectivity index (χ1n) is 11.7. The van der Waals surface area contributed by atoms with Crippen molar-refractivity contribution in [2.45, 2.75) is 45.6 Å². The van der Waals surface area contributed by atoms with Crippen LogP contribution in [-0.4, -0.2) is 27.0 Å². The van der Waals surface area contributed by atoms with Crippen molar-refractivity contribution in [3.05, 3.63) is 90.5 Å². The monoisotopic (exact) mass is 491 g/mol. The molecule has 0 atom stereocenters. The standard InChI is InChI=1S/C26H29N5O3S/c1-18-28-21(17-35-18)12-13-22(32)30(15-14-19-8-4-2-5-9-19)23-24(27)31(26(34)29-25(23)33)16-20-10-6-3-7-11-20/h3,6-8,10-13,17H,2,4-5,9,14-16,27H2,1H3,(H,29,33,34). The number of nitrogens with zero attached hydrogens (tertiary/aromatic N) is 3. The molecule has 0 radical (unpaired) electrons. The number of anilines is 2. The maximum absolute atomic E-state index is 13.4. The third-order valence-electron chi connectivity index (χ3n) is 6.01. The number of hydrogen-bond donors (Lipinski definition) is 2. The largest absolute Gasteiger partial charge is 0.383 e. The third kappa shape index (κ3) is 6.05. The van der Waals surface area contributed by atoms with Gasteiger partial charge in [0, 0.05) is 18.0 Å². The highest BCUT2D eigenvalue weighted by Gasteiger charge is 2.23. The topological polar surface area (TPSA) is 114 Å². The zero-order chi connectivity index (χ0) is 24.8. The number of amides is 1. The van der Waals surface area contributed by atoms with Crippen molar-refractivity contribution in [1.29, 1.82) is 0 Å². The molecule has 2 aromatic heterocycles. The number of carbonyl (C=O) groups excluding carboxylic acids is 1. The van der Waals surface area contributed by atoms with E-state index in [0.29, 0.717) is 12.1 Å². The summed E-state index contributed by atoms with van der Waals surface area (Å²) in [5.41, 5.74) is 7.87. The number of nitrogens with one attached hydrogen (secondary N) is 1. The van der Waals surface area contributed by atoms with Crippen LogP contribution in [0.25, 0.3) is 6.08 Å². The fourth-order valence-electron chi connectivity index (χ4n) is 4.18. The van der Waals surface area contributed by atoms with Crippen LogP contribution in [0, 0.1) is 6.92 Å². The summed E-state index contributed by atoms with van der Waals surface area (Å²) < 4.78 is 1.29. The number of allylic oxidation sites excluding steroid dienone is 1. The molecule has 9 heteroatoms. The lowest BCUT2D eigenvalue weighted by Crippen LogP contribution is -2.41. The Balaban J connectivity index is 1.70. The molecular weight excluding hydrogens is 462 g/mol. The molecule has 0 bridgehead atoms. The van der Waals surface area contributed by atoms with Gasteiger partial charge in [0.2, 0.25) is 0 Å². The van der Waals surface area contributed by atoms with Gasteiger partial charge >= 0.3 is 5.69 Å². The highest BCUT2D eigenvalue weighted by atomic mass is 32.1. The van der Waals surface area contributed by atoms with E-state index >= 15 is 0 Å². The second-order valence-corrected chi connectivity index (χ2v) is 9.60. The first kappa shape index (κ1) is 24.4. The number of carbonyl (C=O) groups is 1. The van der Waals surface area contributed by atoms with E-state index in [1.54, 1.807) is 6.08 Å².